The molecular weight excluding hydrogens is 274 g/mol. The summed E-state index contributed by atoms with van der Waals surface area (Å²) >= 11 is 6.02. The molecule has 0 atom stereocenters. The van der Waals surface area contributed by atoms with Crippen LogP contribution in [0.1, 0.15) is 5.56 Å². The van der Waals surface area contributed by atoms with Gasteiger partial charge < -0.3 is 5.73 Å². The molecule has 100 valence electrons. The van der Waals surface area contributed by atoms with Crippen molar-refractivity contribution in [3.8, 4) is 17.1 Å². The van der Waals surface area contributed by atoms with Crippen molar-refractivity contribution in [2.45, 2.75) is 6.92 Å². The van der Waals surface area contributed by atoms with E-state index in [1.807, 2.05) is 31.2 Å². The summed E-state index contributed by atoms with van der Waals surface area (Å²) in [6.07, 6.45) is 0. The zero-order chi connectivity index (χ0) is 14.1. The van der Waals surface area contributed by atoms with Crippen LogP contribution in [-0.2, 0) is 0 Å². The monoisotopic (exact) mass is 285 g/mol. The predicted molar refractivity (Wildman–Crippen MR) is 78.7 cm³/mol. The number of hydrogen-bond acceptors (Lipinski definition) is 4. The summed E-state index contributed by atoms with van der Waals surface area (Å²) in [6.45, 7) is 2.03. The molecule has 0 aliphatic heterocycles. The van der Waals surface area contributed by atoms with E-state index in [9.17, 15) is 0 Å². The molecule has 5 nitrogen and oxygen atoms in total. The van der Waals surface area contributed by atoms with Gasteiger partial charge in [-0.2, -0.15) is 4.68 Å². The number of hydrogen-bond donors (Lipinski definition) is 1. The molecule has 0 fully saturated rings. The molecule has 0 aliphatic rings. The third-order valence-corrected chi connectivity index (χ3v) is 3.24. The summed E-state index contributed by atoms with van der Waals surface area (Å²) in [4.78, 5) is 0. The maximum atomic E-state index is 6.02. The fourth-order valence-electron chi connectivity index (χ4n) is 1.94. The Morgan fingerprint density at radius 3 is 2.60 bits per heavy atom. The highest BCUT2D eigenvalue weighted by Gasteiger charge is 2.13. The van der Waals surface area contributed by atoms with Gasteiger partial charge in [-0.1, -0.05) is 29.3 Å². The topological polar surface area (TPSA) is 69.6 Å². The molecule has 0 aliphatic carbocycles. The minimum Gasteiger partial charge on any atom is -0.398 e. The van der Waals surface area contributed by atoms with Crippen molar-refractivity contribution in [2.75, 3.05) is 5.73 Å². The number of rotatable bonds is 2. The first-order valence-corrected chi connectivity index (χ1v) is 6.44. The van der Waals surface area contributed by atoms with Crippen LogP contribution in [0.2, 0.25) is 5.02 Å². The SMILES string of the molecule is Cc1ccc(-n2nnnc2-c2cc(Cl)ccc2N)cc1. The number of nitrogens with two attached hydrogens (primary N) is 1. The van der Waals surface area contributed by atoms with Crippen molar-refractivity contribution < 1.29 is 0 Å². The average molecular weight is 286 g/mol. The van der Waals surface area contributed by atoms with E-state index in [0.717, 1.165) is 5.69 Å². The van der Waals surface area contributed by atoms with Crippen molar-refractivity contribution in [1.29, 1.82) is 0 Å². The Labute approximate surface area is 121 Å². The average Bonchev–Trinajstić information content (AvgIpc) is 2.91. The van der Waals surface area contributed by atoms with Crippen molar-refractivity contribution >= 4 is 17.3 Å². The summed E-state index contributed by atoms with van der Waals surface area (Å²) < 4.78 is 1.64. The second-order valence-electron chi connectivity index (χ2n) is 4.48. The highest BCUT2D eigenvalue weighted by Crippen LogP contribution is 2.28. The summed E-state index contributed by atoms with van der Waals surface area (Å²) in [5.74, 6) is 0.564. The first kappa shape index (κ1) is 12.6. The van der Waals surface area contributed by atoms with Gasteiger partial charge in [0, 0.05) is 16.3 Å². The number of aromatic nitrogens is 4. The second kappa shape index (κ2) is 4.94. The van der Waals surface area contributed by atoms with E-state index < -0.39 is 0 Å². The van der Waals surface area contributed by atoms with Crippen molar-refractivity contribution in [3.63, 3.8) is 0 Å². The number of nitrogens with zero attached hydrogens (tertiary/aromatic N) is 4. The van der Waals surface area contributed by atoms with Crippen LogP contribution in [-0.4, -0.2) is 20.2 Å². The Bertz CT molecular complexity index is 749. The lowest BCUT2D eigenvalue weighted by Crippen LogP contribution is -2.01. The lowest BCUT2D eigenvalue weighted by molar-refractivity contribution is 0.791. The normalized spacial score (nSPS) is 10.7. The van der Waals surface area contributed by atoms with E-state index in [-0.39, 0.29) is 0 Å². The van der Waals surface area contributed by atoms with Gasteiger partial charge in [-0.3, -0.25) is 0 Å². The smallest absolute Gasteiger partial charge is 0.189 e. The standard InChI is InChI=1S/C14H12ClN5/c1-9-2-5-11(6-3-9)20-14(17-18-19-20)12-8-10(15)4-7-13(12)16/h2-8H,16H2,1H3. The molecule has 6 heteroatoms. The Morgan fingerprint density at radius 1 is 1.10 bits per heavy atom. The van der Waals surface area contributed by atoms with E-state index in [0.29, 0.717) is 22.1 Å². The van der Waals surface area contributed by atoms with Gasteiger partial charge in [0.25, 0.3) is 0 Å². The van der Waals surface area contributed by atoms with E-state index >= 15 is 0 Å². The highest BCUT2D eigenvalue weighted by atomic mass is 35.5. The summed E-state index contributed by atoms with van der Waals surface area (Å²) in [5, 5.41) is 12.4. The van der Waals surface area contributed by atoms with Crippen LogP contribution >= 0.6 is 11.6 Å². The molecule has 0 bridgehead atoms. The minimum absolute atomic E-state index is 0.564. The van der Waals surface area contributed by atoms with Gasteiger partial charge in [0.05, 0.1) is 5.69 Å². The van der Waals surface area contributed by atoms with Crippen LogP contribution in [0, 0.1) is 6.92 Å². The molecule has 3 aromatic rings. The molecule has 2 aromatic carbocycles. The maximum absolute atomic E-state index is 6.02. The molecule has 0 saturated carbocycles. The summed E-state index contributed by atoms with van der Waals surface area (Å²) in [7, 11) is 0. The quantitative estimate of drug-likeness (QED) is 0.735. The number of tetrazole rings is 1. The first-order valence-electron chi connectivity index (χ1n) is 6.06. The first-order chi connectivity index (χ1) is 9.65. The minimum atomic E-state index is 0.564. The zero-order valence-electron chi connectivity index (χ0n) is 10.8. The molecular formula is C14H12ClN5. The molecule has 1 aromatic heterocycles. The van der Waals surface area contributed by atoms with E-state index in [4.69, 9.17) is 17.3 Å². The molecule has 2 N–H and O–H groups in total. The molecule has 0 amide bonds. The number of nitrogen functional groups attached to an aromatic ring is 1. The Balaban J connectivity index is 2.15. The zero-order valence-corrected chi connectivity index (χ0v) is 11.5. The van der Waals surface area contributed by atoms with Gasteiger partial charge in [-0.25, -0.2) is 0 Å². The maximum Gasteiger partial charge on any atom is 0.189 e. The van der Waals surface area contributed by atoms with Gasteiger partial charge in [-0.05, 0) is 47.7 Å². The van der Waals surface area contributed by atoms with Gasteiger partial charge >= 0.3 is 0 Å². The lowest BCUT2D eigenvalue weighted by atomic mass is 10.1. The van der Waals surface area contributed by atoms with Crippen LogP contribution in [0.5, 0.6) is 0 Å². The number of aryl methyl sites for hydroxylation is 1. The fourth-order valence-corrected chi connectivity index (χ4v) is 2.11. The van der Waals surface area contributed by atoms with E-state index in [1.165, 1.54) is 5.56 Å². The molecule has 1 heterocycles. The van der Waals surface area contributed by atoms with Gasteiger partial charge in [0.1, 0.15) is 0 Å². The van der Waals surface area contributed by atoms with Crippen molar-refractivity contribution in [2.24, 2.45) is 0 Å². The molecule has 3 rings (SSSR count). The molecule has 0 saturated heterocycles. The van der Waals surface area contributed by atoms with Crippen LogP contribution in [0.25, 0.3) is 17.1 Å². The van der Waals surface area contributed by atoms with Crippen LogP contribution in [0.15, 0.2) is 42.5 Å². The number of benzene rings is 2. The largest absolute Gasteiger partial charge is 0.398 e. The van der Waals surface area contributed by atoms with Crippen molar-refractivity contribution in [3.05, 3.63) is 53.1 Å². The van der Waals surface area contributed by atoms with Gasteiger partial charge in [0.2, 0.25) is 0 Å². The van der Waals surface area contributed by atoms with Crippen LogP contribution in [0.4, 0.5) is 5.69 Å². The Morgan fingerprint density at radius 2 is 1.85 bits per heavy atom. The Hall–Kier alpha value is -2.40. The number of anilines is 1. The van der Waals surface area contributed by atoms with E-state index in [2.05, 4.69) is 15.5 Å². The number of halogens is 1. The lowest BCUT2D eigenvalue weighted by Gasteiger charge is -2.07. The molecule has 0 radical (unpaired) electrons. The van der Waals surface area contributed by atoms with Gasteiger partial charge in [0.15, 0.2) is 5.82 Å². The second-order valence-corrected chi connectivity index (χ2v) is 4.92. The third-order valence-electron chi connectivity index (χ3n) is 3.00. The fraction of sp³-hybridized carbons (Fsp3) is 0.0714. The van der Waals surface area contributed by atoms with Crippen molar-refractivity contribution in [1.82, 2.24) is 20.2 Å². The molecule has 20 heavy (non-hydrogen) atoms. The molecule has 0 spiro atoms. The summed E-state index contributed by atoms with van der Waals surface area (Å²) in [6, 6.07) is 13.1. The van der Waals surface area contributed by atoms with Gasteiger partial charge in [-0.15, -0.1) is 5.10 Å². The highest BCUT2D eigenvalue weighted by molar-refractivity contribution is 6.31. The van der Waals surface area contributed by atoms with Crippen LogP contribution < -0.4 is 5.73 Å². The van der Waals surface area contributed by atoms with Crippen LogP contribution in [0.3, 0.4) is 0 Å². The Kier molecular flexibility index (Phi) is 3.12. The molecule has 0 unspecified atom stereocenters. The summed E-state index contributed by atoms with van der Waals surface area (Å²) in [5.41, 5.74) is 9.32. The third kappa shape index (κ3) is 2.23. The predicted octanol–water partition coefficient (Wildman–Crippen LogP) is 2.87. The van der Waals surface area contributed by atoms with E-state index in [1.54, 1.807) is 22.9 Å².